The van der Waals surface area contributed by atoms with Gasteiger partial charge in [-0.1, -0.05) is 24.3 Å². The molecule has 6 nitrogen and oxygen atoms in total. The number of primary amides is 1. The van der Waals surface area contributed by atoms with Crippen LogP contribution in [0.3, 0.4) is 0 Å². The lowest BCUT2D eigenvalue weighted by molar-refractivity contribution is -0.127. The van der Waals surface area contributed by atoms with Crippen molar-refractivity contribution in [2.24, 2.45) is 5.73 Å². The molecule has 0 radical (unpaired) electrons. The third kappa shape index (κ3) is 3.80. The van der Waals surface area contributed by atoms with E-state index in [9.17, 15) is 9.59 Å². The average Bonchev–Trinajstić information content (AvgIpc) is 2.46. The van der Waals surface area contributed by atoms with Gasteiger partial charge in [-0.15, -0.1) is 0 Å². The lowest BCUT2D eigenvalue weighted by Gasteiger charge is -2.34. The summed E-state index contributed by atoms with van der Waals surface area (Å²) in [6.07, 6.45) is 0.796. The highest BCUT2D eigenvalue weighted by molar-refractivity contribution is 5.83. The molecule has 1 aliphatic rings. The maximum absolute atomic E-state index is 11.9. The summed E-state index contributed by atoms with van der Waals surface area (Å²) >= 11 is 0. The number of carbonyl (C=O) groups excluding carboxylic acids is 2. The summed E-state index contributed by atoms with van der Waals surface area (Å²) < 4.78 is 0. The van der Waals surface area contributed by atoms with Crippen LogP contribution in [0.1, 0.15) is 17.5 Å². The first-order chi connectivity index (χ1) is 10.1. The highest BCUT2D eigenvalue weighted by Crippen LogP contribution is 2.22. The van der Waals surface area contributed by atoms with Crippen molar-refractivity contribution >= 4 is 11.8 Å². The molecule has 110 valence electrons. The second-order valence-electron chi connectivity index (χ2n) is 5.05. The van der Waals surface area contributed by atoms with Gasteiger partial charge >= 0.3 is 0 Å². The molecule has 1 aliphatic heterocycles. The maximum Gasteiger partial charge on any atom is 0.235 e. The van der Waals surface area contributed by atoms with Crippen molar-refractivity contribution < 1.29 is 9.59 Å². The van der Waals surface area contributed by atoms with Crippen LogP contribution in [0.2, 0.25) is 0 Å². The molecule has 0 unspecified atom stereocenters. The van der Waals surface area contributed by atoms with Crippen LogP contribution in [-0.4, -0.2) is 35.8 Å². The molecule has 0 aromatic heterocycles. The number of nitrogens with zero attached hydrogens (tertiary/aromatic N) is 2. The standard InChI is InChI=1S/C15H18N4O2/c16-6-3-7-18-14(20)10-19-9-12-5-2-1-4-11(12)8-13(19)15(17)21/h1-2,4-5,13H,3,7-10H2,(H2,17,21)(H,18,20)/t13-/m1/s1. The SMILES string of the molecule is N#CCCNC(=O)CN1Cc2ccccc2C[C@@H]1C(N)=O. The summed E-state index contributed by atoms with van der Waals surface area (Å²) in [5.41, 5.74) is 7.67. The Morgan fingerprint density at radius 3 is 2.76 bits per heavy atom. The van der Waals surface area contributed by atoms with Gasteiger partial charge in [-0.2, -0.15) is 5.26 Å². The Kier molecular flexibility index (Phi) is 4.90. The largest absolute Gasteiger partial charge is 0.368 e. The lowest BCUT2D eigenvalue weighted by atomic mass is 9.93. The second kappa shape index (κ2) is 6.86. The van der Waals surface area contributed by atoms with Crippen LogP contribution < -0.4 is 11.1 Å². The minimum absolute atomic E-state index is 0.105. The Labute approximate surface area is 123 Å². The molecule has 1 aromatic rings. The average molecular weight is 286 g/mol. The van der Waals surface area contributed by atoms with Crippen LogP contribution in [0.5, 0.6) is 0 Å². The van der Waals surface area contributed by atoms with Crippen LogP contribution in [0.25, 0.3) is 0 Å². The minimum atomic E-state index is -0.471. The first-order valence-electron chi connectivity index (χ1n) is 6.85. The van der Waals surface area contributed by atoms with Gasteiger partial charge in [-0.25, -0.2) is 0 Å². The fraction of sp³-hybridized carbons (Fsp3) is 0.400. The van der Waals surface area contributed by atoms with Crippen LogP contribution in [0, 0.1) is 11.3 Å². The molecule has 21 heavy (non-hydrogen) atoms. The number of rotatable bonds is 5. The molecule has 1 atom stereocenters. The van der Waals surface area contributed by atoms with E-state index in [0.717, 1.165) is 11.1 Å². The van der Waals surface area contributed by atoms with Crippen molar-refractivity contribution in [2.75, 3.05) is 13.1 Å². The van der Waals surface area contributed by atoms with Gasteiger partial charge in [0.25, 0.3) is 0 Å². The van der Waals surface area contributed by atoms with E-state index >= 15 is 0 Å². The van der Waals surface area contributed by atoms with E-state index in [-0.39, 0.29) is 18.9 Å². The molecule has 0 aliphatic carbocycles. The molecule has 3 N–H and O–H groups in total. The van der Waals surface area contributed by atoms with Crippen LogP contribution in [0.4, 0.5) is 0 Å². The summed E-state index contributed by atoms with van der Waals surface area (Å²) in [6.45, 7) is 0.948. The molecule has 0 saturated carbocycles. The Morgan fingerprint density at radius 2 is 2.10 bits per heavy atom. The predicted octanol–water partition coefficient (Wildman–Crippen LogP) is -0.0715. The summed E-state index contributed by atoms with van der Waals surface area (Å²) in [7, 11) is 0. The number of hydrogen-bond acceptors (Lipinski definition) is 4. The number of benzene rings is 1. The molecule has 0 bridgehead atoms. The quantitative estimate of drug-likeness (QED) is 0.740. The van der Waals surface area contributed by atoms with Crippen molar-refractivity contribution in [2.45, 2.75) is 25.4 Å². The van der Waals surface area contributed by atoms with Crippen molar-refractivity contribution in [3.8, 4) is 6.07 Å². The Balaban J connectivity index is 2.05. The second-order valence-corrected chi connectivity index (χ2v) is 5.05. The summed E-state index contributed by atoms with van der Waals surface area (Å²) in [5, 5.41) is 11.1. The van der Waals surface area contributed by atoms with Crippen molar-refractivity contribution in [3.05, 3.63) is 35.4 Å². The molecule has 6 heteroatoms. The van der Waals surface area contributed by atoms with Gasteiger partial charge in [0, 0.05) is 13.1 Å². The van der Waals surface area contributed by atoms with Crippen LogP contribution in [0.15, 0.2) is 24.3 Å². The maximum atomic E-state index is 11.9. The third-order valence-corrected chi connectivity index (χ3v) is 3.58. The zero-order chi connectivity index (χ0) is 15.2. The van der Waals surface area contributed by atoms with Gasteiger partial charge in [0.05, 0.1) is 25.1 Å². The number of nitriles is 1. The molecular weight excluding hydrogens is 268 g/mol. The van der Waals surface area contributed by atoms with Gasteiger partial charge in [-0.05, 0) is 17.5 Å². The van der Waals surface area contributed by atoms with E-state index in [1.165, 1.54) is 0 Å². The summed E-state index contributed by atoms with van der Waals surface area (Å²) in [6, 6.07) is 9.34. The fourth-order valence-corrected chi connectivity index (χ4v) is 2.52. The Morgan fingerprint density at radius 1 is 1.38 bits per heavy atom. The lowest BCUT2D eigenvalue weighted by Crippen LogP contribution is -2.51. The Bertz CT molecular complexity index is 579. The highest BCUT2D eigenvalue weighted by atomic mass is 16.2. The number of amides is 2. The summed E-state index contributed by atoms with van der Waals surface area (Å²) in [4.78, 5) is 25.3. The monoisotopic (exact) mass is 286 g/mol. The normalized spacial score (nSPS) is 17.6. The van der Waals surface area contributed by atoms with E-state index in [1.807, 2.05) is 30.3 Å². The van der Waals surface area contributed by atoms with Crippen molar-refractivity contribution in [3.63, 3.8) is 0 Å². The molecule has 2 amide bonds. The Hall–Kier alpha value is -2.39. The van der Waals surface area contributed by atoms with Crippen LogP contribution >= 0.6 is 0 Å². The molecule has 1 aromatic carbocycles. The van der Waals surface area contributed by atoms with E-state index < -0.39 is 11.9 Å². The van der Waals surface area contributed by atoms with E-state index in [2.05, 4.69) is 5.32 Å². The van der Waals surface area contributed by atoms with Gasteiger partial charge < -0.3 is 11.1 Å². The van der Waals surface area contributed by atoms with Crippen molar-refractivity contribution in [1.29, 1.82) is 5.26 Å². The zero-order valence-electron chi connectivity index (χ0n) is 11.7. The minimum Gasteiger partial charge on any atom is -0.368 e. The molecule has 2 rings (SSSR count). The van der Waals surface area contributed by atoms with E-state index in [4.69, 9.17) is 11.0 Å². The fourth-order valence-electron chi connectivity index (χ4n) is 2.52. The number of hydrogen-bond donors (Lipinski definition) is 2. The number of nitrogens with two attached hydrogens (primary N) is 1. The van der Waals surface area contributed by atoms with Crippen molar-refractivity contribution in [1.82, 2.24) is 10.2 Å². The smallest absolute Gasteiger partial charge is 0.235 e. The zero-order valence-corrected chi connectivity index (χ0v) is 11.7. The topological polar surface area (TPSA) is 99.2 Å². The molecule has 0 fully saturated rings. The number of nitrogens with one attached hydrogen (secondary N) is 1. The van der Waals surface area contributed by atoms with Gasteiger partial charge in [0.1, 0.15) is 0 Å². The van der Waals surface area contributed by atoms with Gasteiger partial charge in [0.15, 0.2) is 0 Å². The number of carbonyl (C=O) groups is 2. The van der Waals surface area contributed by atoms with E-state index in [1.54, 1.807) is 4.90 Å². The first-order valence-corrected chi connectivity index (χ1v) is 6.85. The van der Waals surface area contributed by atoms with E-state index in [0.29, 0.717) is 19.5 Å². The van der Waals surface area contributed by atoms with Gasteiger partial charge in [-0.3, -0.25) is 14.5 Å². The molecular formula is C15H18N4O2. The molecule has 1 heterocycles. The van der Waals surface area contributed by atoms with Crippen LogP contribution in [-0.2, 0) is 22.6 Å². The highest BCUT2D eigenvalue weighted by Gasteiger charge is 2.30. The summed E-state index contributed by atoms with van der Waals surface area (Å²) in [5.74, 6) is -0.620. The third-order valence-electron chi connectivity index (χ3n) is 3.58. The number of fused-ring (bicyclic) bond motifs is 1. The molecule has 0 spiro atoms. The first kappa shape index (κ1) is 15.0. The molecule has 0 saturated heterocycles. The van der Waals surface area contributed by atoms with Gasteiger partial charge in [0.2, 0.25) is 11.8 Å². The predicted molar refractivity (Wildman–Crippen MR) is 76.8 cm³/mol.